The summed E-state index contributed by atoms with van der Waals surface area (Å²) < 4.78 is 0. The first kappa shape index (κ1) is 17.6. The van der Waals surface area contributed by atoms with Crippen LogP contribution in [0, 0.1) is 5.92 Å². The predicted octanol–water partition coefficient (Wildman–Crippen LogP) is 3.01. The molecule has 1 aromatic carbocycles. The van der Waals surface area contributed by atoms with Gasteiger partial charge in [-0.1, -0.05) is 12.8 Å². The molecule has 4 rings (SSSR count). The first-order valence-electron chi connectivity index (χ1n) is 8.32. The maximum atomic E-state index is 12.5. The van der Waals surface area contributed by atoms with Crippen LogP contribution in [-0.4, -0.2) is 29.7 Å². The van der Waals surface area contributed by atoms with Crippen molar-refractivity contribution < 1.29 is 9.59 Å². The van der Waals surface area contributed by atoms with Gasteiger partial charge >= 0.3 is 0 Å². The molecule has 24 heavy (non-hydrogen) atoms. The molecule has 1 aliphatic carbocycles. The van der Waals surface area contributed by atoms with Crippen molar-refractivity contribution in [2.24, 2.45) is 5.92 Å². The second-order valence-electron chi connectivity index (χ2n) is 6.64. The number of anilines is 2. The largest absolute Gasteiger partial charge is 0.325 e. The molecule has 3 N–H and O–H groups in total. The molecule has 1 saturated heterocycles. The Kier molecular flexibility index (Phi) is 5.37. The number of hydrogen-bond donors (Lipinski definition) is 3. The van der Waals surface area contributed by atoms with Crippen LogP contribution in [0.1, 0.15) is 32.1 Å². The van der Waals surface area contributed by atoms with Gasteiger partial charge in [-0.3, -0.25) is 9.59 Å². The van der Waals surface area contributed by atoms with E-state index in [0.717, 1.165) is 22.7 Å². The summed E-state index contributed by atoms with van der Waals surface area (Å²) in [6, 6.07) is 6.13. The number of amides is 2. The van der Waals surface area contributed by atoms with Gasteiger partial charge in [0.15, 0.2) is 0 Å². The van der Waals surface area contributed by atoms with E-state index in [1.54, 1.807) is 0 Å². The second-order valence-corrected chi connectivity index (χ2v) is 7.66. The molecule has 3 atom stereocenters. The van der Waals surface area contributed by atoms with E-state index >= 15 is 0 Å². The molecule has 0 spiro atoms. The summed E-state index contributed by atoms with van der Waals surface area (Å²) >= 11 is 1.53. The lowest BCUT2D eigenvalue weighted by molar-refractivity contribution is -0.118. The van der Waals surface area contributed by atoms with E-state index in [9.17, 15) is 9.59 Å². The normalized spacial score (nSPS) is 28.2. The number of benzene rings is 1. The lowest BCUT2D eigenvalue weighted by Gasteiger charge is -2.24. The summed E-state index contributed by atoms with van der Waals surface area (Å²) in [5.74, 6) is 1.15. The van der Waals surface area contributed by atoms with Gasteiger partial charge in [0.25, 0.3) is 0 Å². The number of thioether (sulfide) groups is 1. The summed E-state index contributed by atoms with van der Waals surface area (Å²) in [6.07, 6.45) is 5.93. The molecule has 0 radical (unpaired) electrons. The summed E-state index contributed by atoms with van der Waals surface area (Å²) in [5.41, 5.74) is 1.53. The summed E-state index contributed by atoms with van der Waals surface area (Å²) in [4.78, 5) is 25.1. The molecule has 3 unspecified atom stereocenters. The number of carbonyl (C=O) groups is 2. The van der Waals surface area contributed by atoms with Crippen molar-refractivity contribution in [2.75, 3.05) is 16.4 Å². The quantitative estimate of drug-likeness (QED) is 0.751. The van der Waals surface area contributed by atoms with Crippen LogP contribution in [0.5, 0.6) is 0 Å². The molecule has 3 aliphatic rings. The number of hydrogen-bond acceptors (Lipinski definition) is 4. The molecule has 2 aliphatic heterocycles. The third-order valence-corrected chi connectivity index (χ3v) is 6.13. The number of halogens is 1. The number of carbonyl (C=O) groups excluding carboxylic acids is 2. The maximum Gasteiger partial charge on any atom is 0.241 e. The fourth-order valence-electron chi connectivity index (χ4n) is 3.91. The molecule has 1 aromatic rings. The zero-order chi connectivity index (χ0) is 15.8. The van der Waals surface area contributed by atoms with Gasteiger partial charge < -0.3 is 16.0 Å². The second kappa shape index (κ2) is 7.33. The minimum Gasteiger partial charge on any atom is -0.325 e. The average Bonchev–Trinajstić information content (AvgIpc) is 2.98. The lowest BCUT2D eigenvalue weighted by Crippen LogP contribution is -2.39. The number of fused-ring (bicyclic) bond motifs is 2. The van der Waals surface area contributed by atoms with Gasteiger partial charge in [-0.25, -0.2) is 0 Å². The molecular weight excluding hydrogens is 346 g/mol. The molecule has 2 heterocycles. The van der Waals surface area contributed by atoms with Crippen LogP contribution in [0.3, 0.4) is 0 Å². The topological polar surface area (TPSA) is 70.2 Å². The highest BCUT2D eigenvalue weighted by atomic mass is 35.5. The van der Waals surface area contributed by atoms with Crippen molar-refractivity contribution in [1.29, 1.82) is 0 Å². The van der Waals surface area contributed by atoms with Crippen LogP contribution in [0.4, 0.5) is 11.4 Å². The van der Waals surface area contributed by atoms with Crippen LogP contribution in [0.2, 0.25) is 0 Å². The third-order valence-electron chi connectivity index (χ3n) is 5.06. The van der Waals surface area contributed by atoms with Crippen molar-refractivity contribution in [2.45, 2.75) is 49.1 Å². The lowest BCUT2D eigenvalue weighted by atomic mass is 9.85. The molecule has 2 amide bonds. The van der Waals surface area contributed by atoms with Crippen LogP contribution in [0.25, 0.3) is 0 Å². The van der Waals surface area contributed by atoms with E-state index in [1.807, 2.05) is 18.2 Å². The molecule has 0 aromatic heterocycles. The summed E-state index contributed by atoms with van der Waals surface area (Å²) in [6.45, 7) is 0. The minimum absolute atomic E-state index is 0. The Hall–Kier alpha value is -1.24. The molecule has 0 bridgehead atoms. The van der Waals surface area contributed by atoms with Crippen LogP contribution in [-0.2, 0) is 9.59 Å². The zero-order valence-electron chi connectivity index (χ0n) is 13.3. The van der Waals surface area contributed by atoms with Gasteiger partial charge in [0.05, 0.1) is 17.5 Å². The monoisotopic (exact) mass is 367 g/mol. The molecule has 5 nitrogen and oxygen atoms in total. The van der Waals surface area contributed by atoms with Gasteiger partial charge in [-0.15, -0.1) is 24.2 Å². The Morgan fingerprint density at radius 3 is 2.92 bits per heavy atom. The molecule has 2 fully saturated rings. The van der Waals surface area contributed by atoms with Gasteiger partial charge in [-0.05, 0) is 43.4 Å². The number of nitrogens with one attached hydrogen (secondary N) is 3. The van der Waals surface area contributed by atoms with Crippen LogP contribution >= 0.6 is 24.2 Å². The summed E-state index contributed by atoms with van der Waals surface area (Å²) in [7, 11) is 0. The highest BCUT2D eigenvalue weighted by Gasteiger charge is 2.38. The van der Waals surface area contributed by atoms with E-state index in [2.05, 4.69) is 16.0 Å². The maximum absolute atomic E-state index is 12.5. The van der Waals surface area contributed by atoms with E-state index in [-0.39, 0.29) is 30.3 Å². The van der Waals surface area contributed by atoms with Crippen molar-refractivity contribution >= 4 is 47.4 Å². The van der Waals surface area contributed by atoms with Crippen LogP contribution < -0.4 is 16.0 Å². The average molecular weight is 368 g/mol. The van der Waals surface area contributed by atoms with Gasteiger partial charge in [0, 0.05) is 16.6 Å². The Morgan fingerprint density at radius 2 is 2.08 bits per heavy atom. The van der Waals surface area contributed by atoms with Gasteiger partial charge in [0.2, 0.25) is 11.8 Å². The van der Waals surface area contributed by atoms with Crippen molar-refractivity contribution in [3.05, 3.63) is 18.2 Å². The standard InChI is InChI=1S/C17H21N3O2S.ClH/c21-16-9-23-15-6-5-11(8-13(15)20-16)18-17(22)14-7-10-3-1-2-4-12(10)19-14;/h5-6,8,10,12,14,19H,1-4,7,9H2,(H,18,22)(H,20,21);1H. The van der Waals surface area contributed by atoms with Crippen LogP contribution in [0.15, 0.2) is 23.1 Å². The zero-order valence-corrected chi connectivity index (χ0v) is 15.0. The molecule has 7 heteroatoms. The molecule has 1 saturated carbocycles. The molecular formula is C17H22ClN3O2S. The van der Waals surface area contributed by atoms with E-state index < -0.39 is 0 Å². The Labute approximate surface area is 152 Å². The highest BCUT2D eigenvalue weighted by Crippen LogP contribution is 2.35. The van der Waals surface area contributed by atoms with Crippen molar-refractivity contribution in [3.8, 4) is 0 Å². The third kappa shape index (κ3) is 3.55. The Bertz CT molecular complexity index is 641. The fraction of sp³-hybridized carbons (Fsp3) is 0.529. The Balaban J connectivity index is 0.00000169. The summed E-state index contributed by atoms with van der Waals surface area (Å²) in [5, 5.41) is 9.35. The minimum atomic E-state index is -0.0944. The van der Waals surface area contributed by atoms with E-state index in [0.29, 0.717) is 17.7 Å². The Morgan fingerprint density at radius 1 is 1.25 bits per heavy atom. The SMILES string of the molecule is Cl.O=C1CSc2ccc(NC(=O)C3CC4CCCCC4N3)cc2N1. The first-order chi connectivity index (χ1) is 11.2. The van der Waals surface area contributed by atoms with Gasteiger partial charge in [-0.2, -0.15) is 0 Å². The van der Waals surface area contributed by atoms with Crippen molar-refractivity contribution in [1.82, 2.24) is 5.32 Å². The van der Waals surface area contributed by atoms with E-state index in [1.165, 1.54) is 37.4 Å². The fourth-order valence-corrected chi connectivity index (χ4v) is 4.70. The van der Waals surface area contributed by atoms with Crippen molar-refractivity contribution in [3.63, 3.8) is 0 Å². The highest BCUT2D eigenvalue weighted by molar-refractivity contribution is 8.00. The smallest absolute Gasteiger partial charge is 0.241 e. The van der Waals surface area contributed by atoms with E-state index in [4.69, 9.17) is 0 Å². The number of rotatable bonds is 2. The van der Waals surface area contributed by atoms with Gasteiger partial charge in [0.1, 0.15) is 0 Å². The predicted molar refractivity (Wildman–Crippen MR) is 99.0 cm³/mol. The first-order valence-corrected chi connectivity index (χ1v) is 9.31. The molecule has 130 valence electrons.